The van der Waals surface area contributed by atoms with E-state index in [-0.39, 0.29) is 10.8 Å². The smallest absolute Gasteiger partial charge is 0.255 e. The van der Waals surface area contributed by atoms with Crippen molar-refractivity contribution in [3.63, 3.8) is 0 Å². The summed E-state index contributed by atoms with van der Waals surface area (Å²) in [5, 5.41) is 3.33. The van der Waals surface area contributed by atoms with Crippen LogP contribution in [0.5, 0.6) is 0 Å². The first-order valence-corrected chi connectivity index (χ1v) is 10.5. The topological polar surface area (TPSA) is 69.7 Å². The normalized spacial score (nSPS) is 16.3. The van der Waals surface area contributed by atoms with Gasteiger partial charge in [-0.1, -0.05) is 17.7 Å². The zero-order valence-electron chi connectivity index (χ0n) is 15.3. The molecule has 0 atom stereocenters. The monoisotopic (exact) mass is 407 g/mol. The van der Waals surface area contributed by atoms with Gasteiger partial charge in [0.25, 0.3) is 5.91 Å². The fourth-order valence-electron chi connectivity index (χ4n) is 2.92. The fourth-order valence-corrected chi connectivity index (χ4v) is 4.72. The van der Waals surface area contributed by atoms with Crippen LogP contribution in [0.4, 0.5) is 5.69 Å². The summed E-state index contributed by atoms with van der Waals surface area (Å²) in [6.07, 6.45) is 0. The fraction of sp³-hybridized carbons (Fsp3) is 0.316. The summed E-state index contributed by atoms with van der Waals surface area (Å²) in [7, 11) is -1.67. The van der Waals surface area contributed by atoms with E-state index in [4.69, 9.17) is 11.6 Å². The highest BCUT2D eigenvalue weighted by atomic mass is 35.5. The van der Waals surface area contributed by atoms with Crippen LogP contribution < -0.4 is 5.32 Å². The summed E-state index contributed by atoms with van der Waals surface area (Å²) in [4.78, 5) is 14.8. The van der Waals surface area contributed by atoms with Gasteiger partial charge in [-0.2, -0.15) is 4.31 Å². The van der Waals surface area contributed by atoms with Crippen molar-refractivity contribution in [2.75, 3.05) is 38.5 Å². The second-order valence-electron chi connectivity index (χ2n) is 6.65. The molecule has 0 spiro atoms. The van der Waals surface area contributed by atoms with Crippen LogP contribution in [0.1, 0.15) is 15.9 Å². The Balaban J connectivity index is 1.85. The van der Waals surface area contributed by atoms with Crippen molar-refractivity contribution in [3.05, 3.63) is 58.6 Å². The van der Waals surface area contributed by atoms with Crippen LogP contribution >= 0.6 is 11.6 Å². The van der Waals surface area contributed by atoms with Crippen molar-refractivity contribution >= 4 is 33.2 Å². The number of hydrogen-bond acceptors (Lipinski definition) is 4. The molecule has 1 N–H and O–H groups in total. The number of carbonyl (C=O) groups excluding carboxylic acids is 1. The highest BCUT2D eigenvalue weighted by molar-refractivity contribution is 7.89. The quantitative estimate of drug-likeness (QED) is 0.846. The van der Waals surface area contributed by atoms with Crippen molar-refractivity contribution in [3.8, 4) is 0 Å². The van der Waals surface area contributed by atoms with Gasteiger partial charge >= 0.3 is 0 Å². The molecule has 0 saturated carbocycles. The predicted molar refractivity (Wildman–Crippen MR) is 107 cm³/mol. The van der Waals surface area contributed by atoms with E-state index in [0.29, 0.717) is 48.0 Å². The van der Waals surface area contributed by atoms with Crippen LogP contribution in [-0.2, 0) is 10.0 Å². The van der Waals surface area contributed by atoms with Gasteiger partial charge in [-0.05, 0) is 55.9 Å². The molecule has 1 aliphatic rings. The van der Waals surface area contributed by atoms with E-state index in [2.05, 4.69) is 10.2 Å². The summed E-state index contributed by atoms with van der Waals surface area (Å²) >= 11 is 5.85. The van der Waals surface area contributed by atoms with Crippen molar-refractivity contribution < 1.29 is 13.2 Å². The Morgan fingerprint density at radius 3 is 2.30 bits per heavy atom. The molecule has 1 heterocycles. The van der Waals surface area contributed by atoms with Gasteiger partial charge < -0.3 is 10.2 Å². The summed E-state index contributed by atoms with van der Waals surface area (Å²) in [6.45, 7) is 4.01. The third-order valence-corrected chi connectivity index (χ3v) is 6.93. The van der Waals surface area contributed by atoms with Crippen LogP contribution in [0, 0.1) is 6.92 Å². The maximum Gasteiger partial charge on any atom is 0.255 e. The molecule has 1 aliphatic heterocycles. The number of benzene rings is 2. The Morgan fingerprint density at radius 1 is 1.04 bits per heavy atom. The van der Waals surface area contributed by atoms with Crippen LogP contribution in [0.25, 0.3) is 0 Å². The van der Waals surface area contributed by atoms with E-state index in [0.717, 1.165) is 0 Å². The molecule has 0 aromatic heterocycles. The average molecular weight is 408 g/mol. The highest BCUT2D eigenvalue weighted by Crippen LogP contribution is 2.23. The molecule has 0 unspecified atom stereocenters. The number of halogens is 1. The van der Waals surface area contributed by atoms with E-state index in [9.17, 15) is 13.2 Å². The van der Waals surface area contributed by atoms with Gasteiger partial charge in [-0.15, -0.1) is 0 Å². The number of sulfonamides is 1. The summed E-state index contributed by atoms with van der Waals surface area (Å²) in [5.74, 6) is -0.368. The Hall–Kier alpha value is -1.93. The minimum absolute atomic E-state index is 0.177. The van der Waals surface area contributed by atoms with Gasteiger partial charge in [0.2, 0.25) is 10.0 Å². The highest BCUT2D eigenvalue weighted by Gasteiger charge is 2.29. The zero-order valence-corrected chi connectivity index (χ0v) is 16.8. The average Bonchev–Trinajstić information content (AvgIpc) is 2.64. The number of piperazine rings is 1. The number of likely N-dealkylation sites (N-methyl/N-ethyl adjacent to an activating group) is 1. The lowest BCUT2D eigenvalue weighted by molar-refractivity contribution is 0.102. The van der Waals surface area contributed by atoms with Crippen LogP contribution in [0.15, 0.2) is 47.4 Å². The lowest BCUT2D eigenvalue weighted by atomic mass is 10.1. The number of nitrogens with zero attached hydrogens (tertiary/aromatic N) is 2. The molecular formula is C19H22ClN3O3S. The van der Waals surface area contributed by atoms with Crippen molar-refractivity contribution in [1.29, 1.82) is 0 Å². The standard InChI is InChI=1S/C19H22ClN3O3S/c1-14-3-4-15(19(24)21-17-7-5-16(20)6-8-17)13-18(14)27(25,26)23-11-9-22(2)10-12-23/h3-8,13H,9-12H2,1-2H3,(H,21,24). The molecule has 0 aliphatic carbocycles. The molecule has 0 bridgehead atoms. The molecule has 1 saturated heterocycles. The van der Waals surface area contributed by atoms with Gasteiger partial charge in [-0.25, -0.2) is 8.42 Å². The Morgan fingerprint density at radius 2 is 1.67 bits per heavy atom. The van der Waals surface area contributed by atoms with Crippen LogP contribution in [0.2, 0.25) is 5.02 Å². The SMILES string of the molecule is Cc1ccc(C(=O)Nc2ccc(Cl)cc2)cc1S(=O)(=O)N1CCN(C)CC1. The van der Waals surface area contributed by atoms with Gasteiger partial charge in [0, 0.05) is 42.5 Å². The minimum Gasteiger partial charge on any atom is -0.322 e. The number of hydrogen-bond donors (Lipinski definition) is 1. The summed E-state index contributed by atoms with van der Waals surface area (Å²) in [5.41, 5.74) is 1.51. The number of nitrogens with one attached hydrogen (secondary N) is 1. The first kappa shape index (κ1) is 19.8. The molecule has 6 nitrogen and oxygen atoms in total. The van der Waals surface area contributed by atoms with Gasteiger partial charge in [0.1, 0.15) is 0 Å². The van der Waals surface area contributed by atoms with Crippen molar-refractivity contribution in [1.82, 2.24) is 9.21 Å². The molecule has 2 aromatic carbocycles. The Bertz CT molecular complexity index is 937. The summed E-state index contributed by atoms with van der Waals surface area (Å²) < 4.78 is 27.6. The molecule has 144 valence electrons. The Kier molecular flexibility index (Phi) is 5.86. The molecular weight excluding hydrogens is 386 g/mol. The van der Waals surface area contributed by atoms with E-state index in [1.165, 1.54) is 10.4 Å². The number of carbonyl (C=O) groups is 1. The maximum absolute atomic E-state index is 13.0. The number of rotatable bonds is 4. The number of amides is 1. The third-order valence-electron chi connectivity index (χ3n) is 4.63. The molecule has 0 radical (unpaired) electrons. The van der Waals surface area contributed by atoms with Gasteiger partial charge in [-0.3, -0.25) is 4.79 Å². The molecule has 27 heavy (non-hydrogen) atoms. The lowest BCUT2D eigenvalue weighted by Crippen LogP contribution is -2.47. The van der Waals surface area contributed by atoms with Crippen LogP contribution in [0.3, 0.4) is 0 Å². The molecule has 8 heteroatoms. The number of anilines is 1. The van der Waals surface area contributed by atoms with Gasteiger partial charge in [0.15, 0.2) is 0 Å². The summed E-state index contributed by atoms with van der Waals surface area (Å²) in [6, 6.07) is 11.5. The minimum atomic E-state index is -3.64. The van der Waals surface area contributed by atoms with Crippen molar-refractivity contribution in [2.24, 2.45) is 0 Å². The molecule has 1 amide bonds. The number of aryl methyl sites for hydroxylation is 1. The Labute approximate surface area is 164 Å². The zero-order chi connectivity index (χ0) is 19.6. The van der Waals surface area contributed by atoms with Crippen LogP contribution in [-0.4, -0.2) is 56.8 Å². The first-order valence-electron chi connectivity index (χ1n) is 8.63. The molecule has 2 aromatic rings. The molecule has 3 rings (SSSR count). The largest absolute Gasteiger partial charge is 0.322 e. The van der Waals surface area contributed by atoms with Gasteiger partial charge in [0.05, 0.1) is 4.90 Å². The van der Waals surface area contributed by atoms with E-state index in [1.807, 2.05) is 7.05 Å². The first-order chi connectivity index (χ1) is 12.8. The lowest BCUT2D eigenvalue weighted by Gasteiger charge is -2.32. The second-order valence-corrected chi connectivity index (χ2v) is 8.99. The maximum atomic E-state index is 13.0. The predicted octanol–water partition coefficient (Wildman–Crippen LogP) is 2.84. The van der Waals surface area contributed by atoms with Crippen molar-refractivity contribution in [2.45, 2.75) is 11.8 Å². The third kappa shape index (κ3) is 4.50. The van der Waals surface area contributed by atoms with E-state index in [1.54, 1.807) is 43.3 Å². The van der Waals surface area contributed by atoms with E-state index < -0.39 is 10.0 Å². The molecule has 1 fully saturated rings. The second kappa shape index (κ2) is 7.98. The van der Waals surface area contributed by atoms with E-state index >= 15 is 0 Å².